The second-order valence-corrected chi connectivity index (χ2v) is 6.58. The van der Waals surface area contributed by atoms with Gasteiger partial charge in [-0.2, -0.15) is 0 Å². The highest BCUT2D eigenvalue weighted by Crippen LogP contribution is 2.48. The van der Waals surface area contributed by atoms with Gasteiger partial charge in [0.05, 0.1) is 5.69 Å². The van der Waals surface area contributed by atoms with Crippen LogP contribution in [-0.4, -0.2) is 22.4 Å². The number of rotatable bonds is 0. The number of hydrogen-bond acceptors (Lipinski definition) is 3. The number of nitrogens with one attached hydrogen (secondary N) is 1. The highest BCUT2D eigenvalue weighted by atomic mass is 35.5. The van der Waals surface area contributed by atoms with Crippen LogP contribution in [0.2, 0.25) is 5.28 Å². The average Bonchev–Trinajstić information content (AvgIpc) is 2.68. The van der Waals surface area contributed by atoms with Crippen LogP contribution in [0.5, 0.6) is 0 Å². The Bertz CT molecular complexity index is 589. The lowest BCUT2D eigenvalue weighted by Crippen LogP contribution is -2.45. The Morgan fingerprint density at radius 3 is 2.84 bits per heavy atom. The predicted molar refractivity (Wildman–Crippen MR) is 73.7 cm³/mol. The van der Waals surface area contributed by atoms with Gasteiger partial charge in [0.1, 0.15) is 0 Å². The number of carbonyl (C=O) groups excluding carboxylic acids is 1. The molecule has 2 aliphatic rings. The van der Waals surface area contributed by atoms with Crippen molar-refractivity contribution in [1.82, 2.24) is 15.3 Å². The van der Waals surface area contributed by atoms with Crippen LogP contribution in [0.3, 0.4) is 0 Å². The summed E-state index contributed by atoms with van der Waals surface area (Å²) in [6.07, 6.45) is 3.59. The molecule has 5 heteroatoms. The van der Waals surface area contributed by atoms with E-state index in [4.69, 9.17) is 11.6 Å². The third kappa shape index (κ3) is 1.94. The smallest absolute Gasteiger partial charge is 0.247 e. The number of hydrogen-bond donors (Lipinski definition) is 1. The second kappa shape index (κ2) is 4.04. The molecule has 1 aliphatic heterocycles. The molecule has 1 saturated heterocycles. The Hall–Kier alpha value is -1.42. The van der Waals surface area contributed by atoms with Crippen LogP contribution in [0, 0.1) is 11.3 Å². The second-order valence-electron chi connectivity index (χ2n) is 6.24. The molecule has 19 heavy (non-hydrogen) atoms. The zero-order valence-corrected chi connectivity index (χ0v) is 12.0. The van der Waals surface area contributed by atoms with Crippen LogP contribution < -0.4 is 5.32 Å². The summed E-state index contributed by atoms with van der Waals surface area (Å²) in [4.78, 5) is 20.4. The summed E-state index contributed by atoms with van der Waals surface area (Å²) in [5.74, 6) is 0.340. The Balaban J connectivity index is 2.13. The normalized spacial score (nSPS) is 25.5. The number of piperidine rings is 1. The molecule has 1 unspecified atom stereocenters. The molecule has 100 valence electrons. The number of amides is 1. The molecule has 0 radical (unpaired) electrons. The molecule has 1 amide bonds. The monoisotopic (exact) mass is 277 g/mol. The van der Waals surface area contributed by atoms with Crippen LogP contribution >= 0.6 is 11.6 Å². The van der Waals surface area contributed by atoms with Crippen molar-refractivity contribution in [1.29, 1.82) is 0 Å². The maximum atomic E-state index is 12.0. The zero-order chi connectivity index (χ0) is 13.8. The lowest BCUT2D eigenvalue weighted by atomic mass is 9.69. The van der Waals surface area contributed by atoms with E-state index in [9.17, 15) is 4.79 Å². The minimum absolute atomic E-state index is 0.000350. The minimum atomic E-state index is -0.000350. The molecule has 0 aromatic carbocycles. The van der Waals surface area contributed by atoms with Crippen molar-refractivity contribution in [3.05, 3.63) is 28.3 Å². The molecule has 0 saturated carbocycles. The summed E-state index contributed by atoms with van der Waals surface area (Å²) in [5, 5.41) is 3.21. The summed E-state index contributed by atoms with van der Waals surface area (Å²) in [5.41, 5.74) is 2.68. The first-order valence-corrected chi connectivity index (χ1v) is 6.78. The van der Waals surface area contributed by atoms with Gasteiger partial charge >= 0.3 is 0 Å². The molecule has 1 aromatic heterocycles. The summed E-state index contributed by atoms with van der Waals surface area (Å²) >= 11 is 5.91. The van der Waals surface area contributed by atoms with E-state index in [-0.39, 0.29) is 22.5 Å². The van der Waals surface area contributed by atoms with Crippen molar-refractivity contribution in [2.75, 3.05) is 6.54 Å². The molecule has 1 fully saturated rings. The number of halogens is 1. The van der Waals surface area contributed by atoms with Gasteiger partial charge < -0.3 is 5.32 Å². The molecule has 2 atom stereocenters. The van der Waals surface area contributed by atoms with Crippen molar-refractivity contribution in [2.45, 2.75) is 26.7 Å². The third-order valence-corrected chi connectivity index (χ3v) is 4.20. The van der Waals surface area contributed by atoms with Gasteiger partial charge in [0, 0.05) is 29.8 Å². The summed E-state index contributed by atoms with van der Waals surface area (Å²) in [6.45, 7) is 7.24. The van der Waals surface area contributed by atoms with E-state index in [1.54, 1.807) is 6.20 Å². The van der Waals surface area contributed by atoms with Crippen molar-refractivity contribution in [3.8, 4) is 0 Å². The maximum Gasteiger partial charge on any atom is 0.247 e. The Kier molecular flexibility index (Phi) is 2.68. The summed E-state index contributed by atoms with van der Waals surface area (Å²) < 4.78 is 0. The molecular formula is C14H16ClN3O. The third-order valence-electron chi connectivity index (χ3n) is 4.02. The Morgan fingerprint density at radius 1 is 1.42 bits per heavy atom. The van der Waals surface area contributed by atoms with E-state index in [2.05, 4.69) is 36.1 Å². The first kappa shape index (κ1) is 12.6. The fraction of sp³-hybridized carbons (Fsp3) is 0.500. The first-order valence-electron chi connectivity index (χ1n) is 6.40. The molecule has 0 bridgehead atoms. The molecule has 1 aliphatic carbocycles. The molecule has 1 N–H and O–H groups in total. The zero-order valence-electron chi connectivity index (χ0n) is 11.2. The predicted octanol–water partition coefficient (Wildman–Crippen LogP) is 2.40. The van der Waals surface area contributed by atoms with Gasteiger partial charge in [-0.1, -0.05) is 20.8 Å². The highest BCUT2D eigenvalue weighted by Gasteiger charge is 2.45. The fourth-order valence-electron chi connectivity index (χ4n) is 2.99. The highest BCUT2D eigenvalue weighted by molar-refractivity contribution is 6.28. The van der Waals surface area contributed by atoms with Gasteiger partial charge in [-0.05, 0) is 29.0 Å². The first-order chi connectivity index (χ1) is 8.88. The summed E-state index contributed by atoms with van der Waals surface area (Å²) in [6, 6.07) is 0. The van der Waals surface area contributed by atoms with E-state index in [0.717, 1.165) is 16.8 Å². The quantitative estimate of drug-likeness (QED) is 0.741. The molecule has 1 aromatic rings. The van der Waals surface area contributed by atoms with Crippen LogP contribution in [0.15, 0.2) is 11.8 Å². The van der Waals surface area contributed by atoms with Crippen LogP contribution in [-0.2, 0) is 4.79 Å². The Labute approximate surface area is 117 Å². The number of aromatic nitrogens is 2. The maximum absolute atomic E-state index is 12.0. The van der Waals surface area contributed by atoms with Crippen molar-refractivity contribution in [2.24, 2.45) is 11.3 Å². The topological polar surface area (TPSA) is 54.9 Å². The van der Waals surface area contributed by atoms with Crippen LogP contribution in [0.1, 0.15) is 37.9 Å². The largest absolute Gasteiger partial charge is 0.352 e. The van der Waals surface area contributed by atoms with E-state index < -0.39 is 0 Å². The van der Waals surface area contributed by atoms with Gasteiger partial charge in [-0.3, -0.25) is 4.79 Å². The Morgan fingerprint density at radius 2 is 2.16 bits per heavy atom. The lowest BCUT2D eigenvalue weighted by Gasteiger charge is -2.39. The molecule has 4 nitrogen and oxygen atoms in total. The number of nitrogens with zero attached hydrogens (tertiary/aromatic N) is 2. The van der Waals surface area contributed by atoms with Crippen LogP contribution in [0.25, 0.3) is 6.08 Å². The van der Waals surface area contributed by atoms with E-state index in [1.807, 2.05) is 6.08 Å². The van der Waals surface area contributed by atoms with Gasteiger partial charge in [-0.25, -0.2) is 9.97 Å². The standard InChI is InChI=1S/C14H16ClN3O/c1-14(2,3)9-6-16-12(19)8-4-7-5-17-13(15)18-11(7)10(8)9/h4-5,9-10H,6H2,1-3H3,(H,16,19)/t9-,10?/m0/s1. The summed E-state index contributed by atoms with van der Waals surface area (Å²) in [7, 11) is 0. The number of carbonyl (C=O) groups is 1. The van der Waals surface area contributed by atoms with Gasteiger partial charge in [0.15, 0.2) is 0 Å². The van der Waals surface area contributed by atoms with Crippen molar-refractivity contribution < 1.29 is 4.79 Å². The van der Waals surface area contributed by atoms with E-state index >= 15 is 0 Å². The average molecular weight is 278 g/mol. The molecule has 0 spiro atoms. The van der Waals surface area contributed by atoms with Gasteiger partial charge in [0.25, 0.3) is 0 Å². The minimum Gasteiger partial charge on any atom is -0.352 e. The van der Waals surface area contributed by atoms with Crippen molar-refractivity contribution in [3.63, 3.8) is 0 Å². The molecular weight excluding hydrogens is 262 g/mol. The van der Waals surface area contributed by atoms with Gasteiger partial charge in [0.2, 0.25) is 11.2 Å². The fourth-order valence-corrected chi connectivity index (χ4v) is 3.13. The van der Waals surface area contributed by atoms with Crippen LogP contribution in [0.4, 0.5) is 0 Å². The van der Waals surface area contributed by atoms with Gasteiger partial charge in [-0.15, -0.1) is 0 Å². The van der Waals surface area contributed by atoms with Crippen molar-refractivity contribution >= 4 is 23.6 Å². The SMILES string of the molecule is CC(C)(C)[C@H]1CNC(=O)C2=Cc3cnc(Cl)nc3C21. The number of fused-ring (bicyclic) bond motifs is 3. The lowest BCUT2D eigenvalue weighted by molar-refractivity contribution is -0.119. The molecule has 3 rings (SSSR count). The van der Waals surface area contributed by atoms with E-state index in [0.29, 0.717) is 12.5 Å². The molecule has 2 heterocycles. The van der Waals surface area contributed by atoms with E-state index in [1.165, 1.54) is 0 Å².